The average molecular weight is 274 g/mol. The molecule has 0 aromatic carbocycles. The van der Waals surface area contributed by atoms with Crippen LogP contribution in [0.15, 0.2) is 0 Å². The number of carboxylic acids is 1. The number of rotatable bonds is 6. The van der Waals surface area contributed by atoms with Crippen molar-refractivity contribution in [3.63, 3.8) is 0 Å². The van der Waals surface area contributed by atoms with Crippen LogP contribution in [0.5, 0.6) is 0 Å². The number of ketones is 1. The van der Waals surface area contributed by atoms with Crippen LogP contribution in [-0.4, -0.2) is 22.1 Å². The van der Waals surface area contributed by atoms with Crippen LogP contribution in [-0.2, 0) is 9.59 Å². The Morgan fingerprint density at radius 1 is 1.22 bits per heavy atom. The van der Waals surface area contributed by atoms with E-state index < -0.39 is 11.2 Å². The maximum absolute atomic E-state index is 10.5. The van der Waals surface area contributed by atoms with E-state index in [1.54, 1.807) is 0 Å². The van der Waals surface area contributed by atoms with Crippen molar-refractivity contribution in [1.29, 1.82) is 0 Å². The Hall–Kier alpha value is -0.510. The van der Waals surface area contributed by atoms with E-state index in [4.69, 9.17) is 5.11 Å². The Labute approximate surface area is 116 Å². The van der Waals surface area contributed by atoms with E-state index in [1.807, 2.05) is 0 Å². The van der Waals surface area contributed by atoms with Gasteiger partial charge in [-0.05, 0) is 19.3 Å². The van der Waals surface area contributed by atoms with Crippen LogP contribution in [0.1, 0.15) is 71.1 Å². The molecule has 1 unspecified atom stereocenters. The highest BCUT2D eigenvalue weighted by atomic mass is 32.1. The second-order valence-electron chi connectivity index (χ2n) is 4.80. The molecule has 4 heteroatoms. The van der Waals surface area contributed by atoms with Gasteiger partial charge in [0.1, 0.15) is 5.78 Å². The third kappa shape index (κ3) is 10.6. The van der Waals surface area contributed by atoms with Gasteiger partial charge in [0.25, 0.3) is 0 Å². The molecule has 1 N–H and O–H groups in total. The molecule has 0 aromatic rings. The lowest BCUT2D eigenvalue weighted by molar-refractivity contribution is -0.136. The number of hydrogen-bond donors (Lipinski definition) is 2. The van der Waals surface area contributed by atoms with Gasteiger partial charge in [0.05, 0.1) is 5.25 Å². The molecule has 1 saturated carbocycles. The predicted molar refractivity (Wildman–Crippen MR) is 77.3 cm³/mol. The number of unbranched alkanes of at least 4 members (excludes halogenated alkanes) is 3. The van der Waals surface area contributed by atoms with E-state index in [0.29, 0.717) is 12.2 Å². The second kappa shape index (κ2) is 11.6. The largest absolute Gasteiger partial charge is 0.480 e. The third-order valence-electron chi connectivity index (χ3n) is 3.03. The lowest BCUT2D eigenvalue weighted by atomic mass is 10.00. The fourth-order valence-electron chi connectivity index (χ4n) is 1.83. The summed E-state index contributed by atoms with van der Waals surface area (Å²) < 4.78 is 0. The smallest absolute Gasteiger partial charge is 0.316 e. The number of aliphatic carboxylic acids is 1. The zero-order valence-corrected chi connectivity index (χ0v) is 12.3. The zero-order valence-electron chi connectivity index (χ0n) is 11.4. The minimum absolute atomic E-state index is 0.464. The van der Waals surface area contributed by atoms with E-state index >= 15 is 0 Å². The molecule has 0 bridgehead atoms. The summed E-state index contributed by atoms with van der Waals surface area (Å²) in [5, 5.41) is 8.00. The van der Waals surface area contributed by atoms with Gasteiger partial charge in [0, 0.05) is 12.8 Å². The summed E-state index contributed by atoms with van der Waals surface area (Å²) in [7, 11) is 0. The van der Waals surface area contributed by atoms with Gasteiger partial charge in [-0.3, -0.25) is 9.59 Å². The molecule has 0 amide bonds. The maximum atomic E-state index is 10.5. The summed E-state index contributed by atoms with van der Waals surface area (Å²) in [4.78, 5) is 20.7. The Balaban J connectivity index is 0.000000351. The van der Waals surface area contributed by atoms with Crippen molar-refractivity contribution in [2.45, 2.75) is 76.4 Å². The molecule has 0 aromatic heterocycles. The fourth-order valence-corrected chi connectivity index (χ4v) is 2.02. The van der Waals surface area contributed by atoms with Gasteiger partial charge in [-0.25, -0.2) is 0 Å². The van der Waals surface area contributed by atoms with E-state index in [9.17, 15) is 9.59 Å². The summed E-state index contributed by atoms with van der Waals surface area (Å²) in [5.74, 6) is -0.337. The van der Waals surface area contributed by atoms with E-state index in [-0.39, 0.29) is 0 Å². The molecular weight excluding hydrogens is 248 g/mol. The van der Waals surface area contributed by atoms with Crippen LogP contribution >= 0.6 is 12.6 Å². The van der Waals surface area contributed by atoms with E-state index in [0.717, 1.165) is 38.5 Å². The first-order chi connectivity index (χ1) is 8.57. The highest BCUT2D eigenvalue weighted by Gasteiger charge is 2.10. The van der Waals surface area contributed by atoms with Gasteiger partial charge in [0.2, 0.25) is 0 Å². The summed E-state index contributed by atoms with van der Waals surface area (Å²) in [6.07, 6.45) is 10.4. The van der Waals surface area contributed by atoms with Gasteiger partial charge in [-0.15, -0.1) is 0 Å². The van der Waals surface area contributed by atoms with Crippen LogP contribution in [0.25, 0.3) is 0 Å². The minimum atomic E-state index is -0.801. The normalized spacial score (nSPS) is 16.7. The van der Waals surface area contributed by atoms with Gasteiger partial charge >= 0.3 is 5.97 Å². The van der Waals surface area contributed by atoms with Gasteiger partial charge in [-0.2, -0.15) is 12.6 Å². The second-order valence-corrected chi connectivity index (χ2v) is 5.43. The topological polar surface area (TPSA) is 54.4 Å². The fraction of sp³-hybridized carbons (Fsp3) is 0.857. The van der Waals surface area contributed by atoms with Crippen molar-refractivity contribution in [3.8, 4) is 0 Å². The average Bonchev–Trinajstić information content (AvgIpc) is 2.36. The zero-order chi connectivity index (χ0) is 13.8. The SMILES string of the molecule is CCCCCCC(S)C(=O)O.O=C1CCCCC1. The van der Waals surface area contributed by atoms with Crippen LogP contribution in [0.3, 0.4) is 0 Å². The van der Waals surface area contributed by atoms with Gasteiger partial charge in [-0.1, -0.05) is 39.0 Å². The molecule has 18 heavy (non-hydrogen) atoms. The molecule has 1 aliphatic carbocycles. The number of hydrogen-bond acceptors (Lipinski definition) is 3. The first kappa shape index (κ1) is 17.5. The maximum Gasteiger partial charge on any atom is 0.316 e. The van der Waals surface area contributed by atoms with Crippen molar-refractivity contribution < 1.29 is 14.7 Å². The standard InChI is InChI=1S/C8H16O2S.C6H10O/c1-2-3-4-5-6-7(11)8(9)10;7-6-4-2-1-3-5-6/h7,11H,2-6H2,1H3,(H,9,10);1-5H2. The number of thiol groups is 1. The Bertz CT molecular complexity index is 233. The molecule has 0 spiro atoms. The lowest BCUT2D eigenvalue weighted by Gasteiger charge is -2.05. The van der Waals surface area contributed by atoms with Gasteiger partial charge < -0.3 is 5.11 Å². The minimum Gasteiger partial charge on any atom is -0.480 e. The molecule has 0 radical (unpaired) electrons. The third-order valence-corrected chi connectivity index (χ3v) is 3.51. The Morgan fingerprint density at radius 2 is 1.83 bits per heavy atom. The number of carbonyl (C=O) groups excluding carboxylic acids is 1. The van der Waals surface area contributed by atoms with Crippen molar-refractivity contribution in [2.24, 2.45) is 0 Å². The van der Waals surface area contributed by atoms with E-state index in [2.05, 4.69) is 19.6 Å². The predicted octanol–water partition coefficient (Wildman–Crippen LogP) is 3.86. The first-order valence-corrected chi connectivity index (χ1v) is 7.52. The number of carboxylic acid groups (broad SMARTS) is 1. The molecule has 0 aliphatic heterocycles. The number of carbonyl (C=O) groups is 2. The highest BCUT2D eigenvalue weighted by molar-refractivity contribution is 7.81. The molecule has 1 atom stereocenters. The summed E-state index contributed by atoms with van der Waals surface area (Å²) in [6.45, 7) is 2.13. The summed E-state index contributed by atoms with van der Waals surface area (Å²) in [6, 6.07) is 0. The van der Waals surface area contributed by atoms with Crippen molar-refractivity contribution in [2.75, 3.05) is 0 Å². The molecule has 106 valence electrons. The molecule has 0 saturated heterocycles. The van der Waals surface area contributed by atoms with E-state index in [1.165, 1.54) is 19.3 Å². The van der Waals surface area contributed by atoms with Crippen molar-refractivity contribution in [3.05, 3.63) is 0 Å². The molecule has 1 rings (SSSR count). The highest BCUT2D eigenvalue weighted by Crippen LogP contribution is 2.12. The first-order valence-electron chi connectivity index (χ1n) is 7.00. The molecule has 3 nitrogen and oxygen atoms in total. The summed E-state index contributed by atoms with van der Waals surface area (Å²) >= 11 is 3.93. The molecule has 0 heterocycles. The Morgan fingerprint density at radius 3 is 2.22 bits per heavy atom. The van der Waals surface area contributed by atoms with Crippen LogP contribution in [0.2, 0.25) is 0 Å². The van der Waals surface area contributed by atoms with Crippen LogP contribution in [0, 0.1) is 0 Å². The number of Topliss-reactive ketones (excluding diaryl/α,β-unsaturated/α-hetero) is 1. The van der Waals surface area contributed by atoms with Crippen molar-refractivity contribution >= 4 is 24.4 Å². The molecule has 1 fully saturated rings. The molecule has 1 aliphatic rings. The lowest BCUT2D eigenvalue weighted by Crippen LogP contribution is -2.12. The summed E-state index contributed by atoms with van der Waals surface area (Å²) in [5.41, 5.74) is 0. The van der Waals surface area contributed by atoms with Crippen molar-refractivity contribution in [1.82, 2.24) is 0 Å². The molecular formula is C14H26O3S. The quantitative estimate of drug-likeness (QED) is 0.571. The van der Waals surface area contributed by atoms with Crippen LogP contribution in [0.4, 0.5) is 0 Å². The Kier molecular flexibility index (Phi) is 11.2. The van der Waals surface area contributed by atoms with Crippen LogP contribution < -0.4 is 0 Å². The monoisotopic (exact) mass is 274 g/mol. The van der Waals surface area contributed by atoms with Gasteiger partial charge in [0.15, 0.2) is 0 Å².